The van der Waals surface area contributed by atoms with Crippen molar-refractivity contribution in [2.45, 2.75) is 11.8 Å². The molecule has 0 fully saturated rings. The summed E-state index contributed by atoms with van der Waals surface area (Å²) < 4.78 is 42.7. The van der Waals surface area contributed by atoms with Crippen LogP contribution in [0, 0.1) is 12.7 Å². The molecule has 9 heteroatoms. The van der Waals surface area contributed by atoms with Gasteiger partial charge < -0.3 is 10.1 Å². The third-order valence-electron chi connectivity index (χ3n) is 3.94. The number of halogens is 1. The summed E-state index contributed by atoms with van der Waals surface area (Å²) in [4.78, 5) is 16.4. The number of aryl methyl sites for hydroxylation is 1. The second-order valence-corrected chi connectivity index (χ2v) is 8.83. The van der Waals surface area contributed by atoms with Gasteiger partial charge in [0, 0.05) is 10.9 Å². The number of hydrogen-bond acceptors (Lipinski definition) is 6. The van der Waals surface area contributed by atoms with Gasteiger partial charge in [-0.05, 0) is 55.0 Å². The molecule has 1 heterocycles. The monoisotopic (exact) mass is 420 g/mol. The van der Waals surface area contributed by atoms with Gasteiger partial charge in [-0.25, -0.2) is 17.8 Å². The fraction of sp³-hybridized carbons (Fsp3) is 0.158. The van der Waals surface area contributed by atoms with E-state index < -0.39 is 27.3 Å². The molecule has 0 atom stereocenters. The third-order valence-corrected chi connectivity index (χ3v) is 6.33. The highest BCUT2D eigenvalue weighted by atomic mass is 32.2. The molecule has 0 bridgehead atoms. The van der Waals surface area contributed by atoms with E-state index in [0.29, 0.717) is 10.8 Å². The van der Waals surface area contributed by atoms with E-state index in [2.05, 4.69) is 10.3 Å². The zero-order valence-electron chi connectivity index (χ0n) is 15.1. The van der Waals surface area contributed by atoms with Crippen LogP contribution in [0.4, 0.5) is 9.52 Å². The Balaban J connectivity index is 1.70. The topological polar surface area (TPSA) is 85.4 Å². The minimum absolute atomic E-state index is 0.113. The average Bonchev–Trinajstić information content (AvgIpc) is 3.09. The van der Waals surface area contributed by atoms with Gasteiger partial charge in [-0.3, -0.25) is 4.79 Å². The first-order chi connectivity index (χ1) is 13.3. The van der Waals surface area contributed by atoms with Crippen molar-refractivity contribution in [1.29, 1.82) is 0 Å². The SMILES string of the molecule is COc1ccc(-c2csc(NC(=O)CS(=O)(=O)c3ccc(F)cc3)n2)cc1C. The Hall–Kier alpha value is -2.78. The molecule has 0 radical (unpaired) electrons. The van der Waals surface area contributed by atoms with Crippen LogP contribution in [0.5, 0.6) is 5.75 Å². The lowest BCUT2D eigenvalue weighted by atomic mass is 10.1. The molecule has 0 aliphatic heterocycles. The summed E-state index contributed by atoms with van der Waals surface area (Å²) in [5.74, 6) is -1.25. The number of carbonyl (C=O) groups excluding carboxylic acids is 1. The number of ether oxygens (including phenoxy) is 1. The number of nitrogens with zero attached hydrogens (tertiary/aromatic N) is 1. The lowest BCUT2D eigenvalue weighted by Gasteiger charge is -2.06. The van der Waals surface area contributed by atoms with Crippen molar-refractivity contribution in [3.63, 3.8) is 0 Å². The highest BCUT2D eigenvalue weighted by Crippen LogP contribution is 2.28. The summed E-state index contributed by atoms with van der Waals surface area (Å²) >= 11 is 1.19. The van der Waals surface area contributed by atoms with Crippen molar-refractivity contribution in [2.24, 2.45) is 0 Å². The van der Waals surface area contributed by atoms with Gasteiger partial charge in [0.1, 0.15) is 17.3 Å². The number of carbonyl (C=O) groups is 1. The Labute approximate surface area is 165 Å². The van der Waals surface area contributed by atoms with Gasteiger partial charge in [0.2, 0.25) is 5.91 Å². The summed E-state index contributed by atoms with van der Waals surface area (Å²) in [5, 5.41) is 4.56. The Morgan fingerprint density at radius 3 is 2.57 bits per heavy atom. The number of nitrogens with one attached hydrogen (secondary N) is 1. The Bertz CT molecular complexity index is 1110. The van der Waals surface area contributed by atoms with E-state index in [-0.39, 0.29) is 4.90 Å². The van der Waals surface area contributed by atoms with Crippen LogP contribution in [-0.2, 0) is 14.6 Å². The predicted octanol–water partition coefficient (Wildman–Crippen LogP) is 3.68. The molecule has 146 valence electrons. The summed E-state index contributed by atoms with van der Waals surface area (Å²) in [5.41, 5.74) is 2.46. The summed E-state index contributed by atoms with van der Waals surface area (Å²) in [6, 6.07) is 9.93. The molecule has 3 rings (SSSR count). The minimum atomic E-state index is -3.87. The molecule has 0 saturated heterocycles. The van der Waals surface area contributed by atoms with Gasteiger partial charge in [0.15, 0.2) is 15.0 Å². The van der Waals surface area contributed by atoms with E-state index >= 15 is 0 Å². The second-order valence-electron chi connectivity index (χ2n) is 5.98. The van der Waals surface area contributed by atoms with Crippen LogP contribution in [-0.4, -0.2) is 32.2 Å². The number of sulfone groups is 1. The molecular formula is C19H17FN2O4S2. The van der Waals surface area contributed by atoms with E-state index in [4.69, 9.17) is 4.74 Å². The molecule has 0 spiro atoms. The maximum Gasteiger partial charge on any atom is 0.241 e. The number of amides is 1. The smallest absolute Gasteiger partial charge is 0.241 e. The first kappa shape index (κ1) is 20.0. The van der Waals surface area contributed by atoms with Crippen LogP contribution in [0.25, 0.3) is 11.3 Å². The lowest BCUT2D eigenvalue weighted by Crippen LogP contribution is -2.23. The quantitative estimate of drug-likeness (QED) is 0.615. The number of rotatable bonds is 6. The number of hydrogen-bond donors (Lipinski definition) is 1. The maximum atomic E-state index is 12.9. The van der Waals surface area contributed by atoms with Crippen LogP contribution in [0.2, 0.25) is 0 Å². The summed E-state index contributed by atoms with van der Waals surface area (Å²) in [6.45, 7) is 1.91. The van der Waals surface area contributed by atoms with Gasteiger partial charge in [-0.2, -0.15) is 0 Å². The standard InChI is InChI=1S/C19H17FN2O4S2/c1-12-9-13(3-8-17(12)26-2)16-10-27-19(21-16)22-18(23)11-28(24,25)15-6-4-14(20)5-7-15/h3-10H,11H2,1-2H3,(H,21,22,23). The number of benzene rings is 2. The Kier molecular flexibility index (Phi) is 5.76. The largest absolute Gasteiger partial charge is 0.496 e. The van der Waals surface area contributed by atoms with Gasteiger partial charge in [-0.1, -0.05) is 0 Å². The maximum absolute atomic E-state index is 12.9. The molecule has 1 aromatic heterocycles. The fourth-order valence-corrected chi connectivity index (χ4v) is 4.43. The van der Waals surface area contributed by atoms with E-state index in [1.54, 1.807) is 12.5 Å². The minimum Gasteiger partial charge on any atom is -0.496 e. The van der Waals surface area contributed by atoms with Crippen LogP contribution in [0.3, 0.4) is 0 Å². The van der Waals surface area contributed by atoms with Gasteiger partial charge in [0.25, 0.3) is 0 Å². The van der Waals surface area contributed by atoms with E-state index in [1.807, 2.05) is 25.1 Å². The van der Waals surface area contributed by atoms with E-state index in [9.17, 15) is 17.6 Å². The van der Waals surface area contributed by atoms with Gasteiger partial charge in [-0.15, -0.1) is 11.3 Å². The number of aromatic nitrogens is 1. The number of thiazole rings is 1. The van der Waals surface area contributed by atoms with Crippen molar-refractivity contribution in [3.8, 4) is 17.0 Å². The predicted molar refractivity (Wildman–Crippen MR) is 106 cm³/mol. The fourth-order valence-electron chi connectivity index (χ4n) is 2.55. The van der Waals surface area contributed by atoms with E-state index in [0.717, 1.165) is 41.1 Å². The van der Waals surface area contributed by atoms with Crippen molar-refractivity contribution in [3.05, 3.63) is 59.2 Å². The van der Waals surface area contributed by atoms with Crippen molar-refractivity contribution >= 4 is 32.2 Å². The zero-order chi connectivity index (χ0) is 20.3. The molecule has 0 saturated carbocycles. The van der Waals surface area contributed by atoms with Crippen molar-refractivity contribution < 1.29 is 22.3 Å². The van der Waals surface area contributed by atoms with Crippen LogP contribution < -0.4 is 10.1 Å². The molecule has 2 aromatic carbocycles. The van der Waals surface area contributed by atoms with Crippen molar-refractivity contribution in [2.75, 3.05) is 18.2 Å². The van der Waals surface area contributed by atoms with Gasteiger partial charge in [0.05, 0.1) is 17.7 Å². The molecule has 0 unspecified atom stereocenters. The van der Waals surface area contributed by atoms with Crippen LogP contribution in [0.1, 0.15) is 5.56 Å². The van der Waals surface area contributed by atoms with Crippen molar-refractivity contribution in [1.82, 2.24) is 4.98 Å². The highest BCUT2D eigenvalue weighted by molar-refractivity contribution is 7.92. The van der Waals surface area contributed by atoms with E-state index in [1.165, 1.54) is 11.3 Å². The third kappa shape index (κ3) is 4.55. The first-order valence-electron chi connectivity index (χ1n) is 8.17. The van der Waals surface area contributed by atoms with Crippen LogP contribution in [0.15, 0.2) is 52.7 Å². The molecule has 1 amide bonds. The second kappa shape index (κ2) is 8.07. The number of anilines is 1. The van der Waals surface area contributed by atoms with Gasteiger partial charge >= 0.3 is 0 Å². The molecular weight excluding hydrogens is 403 g/mol. The highest BCUT2D eigenvalue weighted by Gasteiger charge is 2.20. The molecule has 3 aromatic rings. The average molecular weight is 420 g/mol. The molecule has 0 aliphatic rings. The summed E-state index contributed by atoms with van der Waals surface area (Å²) in [6.07, 6.45) is 0. The first-order valence-corrected chi connectivity index (χ1v) is 10.7. The zero-order valence-corrected chi connectivity index (χ0v) is 16.7. The number of methoxy groups -OCH3 is 1. The molecule has 0 aliphatic carbocycles. The molecule has 28 heavy (non-hydrogen) atoms. The Morgan fingerprint density at radius 1 is 1.21 bits per heavy atom. The molecule has 1 N–H and O–H groups in total. The van der Waals surface area contributed by atoms with Crippen LogP contribution >= 0.6 is 11.3 Å². The lowest BCUT2D eigenvalue weighted by molar-refractivity contribution is -0.113. The summed E-state index contributed by atoms with van der Waals surface area (Å²) in [7, 11) is -2.28. The normalized spacial score (nSPS) is 11.2. The molecule has 6 nitrogen and oxygen atoms in total. The Morgan fingerprint density at radius 2 is 1.93 bits per heavy atom.